The Bertz CT molecular complexity index is 1290. The van der Waals surface area contributed by atoms with Gasteiger partial charge in [-0.1, -0.05) is 42.5 Å². The third-order valence-corrected chi connectivity index (χ3v) is 4.46. The van der Waals surface area contributed by atoms with Crippen LogP contribution in [0.2, 0.25) is 0 Å². The van der Waals surface area contributed by atoms with Crippen molar-refractivity contribution in [2.45, 2.75) is 19.1 Å². The normalized spacial score (nSPS) is 11.8. The van der Waals surface area contributed by atoms with E-state index in [-0.39, 0.29) is 23.3 Å². The molecule has 6 nitrogen and oxygen atoms in total. The molecule has 2 heterocycles. The first-order chi connectivity index (χ1) is 13.8. The minimum absolute atomic E-state index is 0.0639. The van der Waals surface area contributed by atoms with E-state index in [1.807, 2.05) is 0 Å². The first-order valence-electron chi connectivity index (χ1n) is 8.72. The number of aromatic amines is 1. The maximum Gasteiger partial charge on any atom is 0.393 e. The number of aromatic nitrogens is 4. The lowest BCUT2D eigenvalue weighted by molar-refractivity contribution is -0.127. The third-order valence-electron chi connectivity index (χ3n) is 4.46. The number of hydrogen-bond donors (Lipinski definition) is 1. The zero-order valence-corrected chi connectivity index (χ0v) is 15.0. The van der Waals surface area contributed by atoms with Crippen LogP contribution in [0.1, 0.15) is 11.1 Å². The summed E-state index contributed by atoms with van der Waals surface area (Å²) in [5, 5.41) is 0. The molecule has 2 aromatic heterocycles. The molecule has 0 aliphatic rings. The van der Waals surface area contributed by atoms with Crippen molar-refractivity contribution < 1.29 is 13.2 Å². The van der Waals surface area contributed by atoms with Gasteiger partial charge in [-0.15, -0.1) is 0 Å². The van der Waals surface area contributed by atoms with Crippen molar-refractivity contribution in [2.75, 3.05) is 0 Å². The van der Waals surface area contributed by atoms with Gasteiger partial charge in [0.25, 0.3) is 5.56 Å². The Morgan fingerprint density at radius 2 is 1.69 bits per heavy atom. The zero-order valence-electron chi connectivity index (χ0n) is 15.0. The van der Waals surface area contributed by atoms with Crippen LogP contribution >= 0.6 is 0 Å². The van der Waals surface area contributed by atoms with Gasteiger partial charge in [-0.25, -0.2) is 14.3 Å². The predicted octanol–water partition coefficient (Wildman–Crippen LogP) is 3.03. The Labute approximate surface area is 161 Å². The number of para-hydroxylation sites is 1. The molecule has 0 spiro atoms. The number of rotatable bonds is 4. The van der Waals surface area contributed by atoms with Crippen molar-refractivity contribution in [1.82, 2.24) is 19.1 Å². The quantitative estimate of drug-likeness (QED) is 0.572. The average molecular weight is 400 g/mol. The zero-order chi connectivity index (χ0) is 20.6. The van der Waals surface area contributed by atoms with Crippen molar-refractivity contribution >= 4 is 11.2 Å². The van der Waals surface area contributed by atoms with Crippen LogP contribution in [-0.2, 0) is 13.0 Å². The maximum atomic E-state index is 13.1. The van der Waals surface area contributed by atoms with Gasteiger partial charge in [-0.3, -0.25) is 9.36 Å². The van der Waals surface area contributed by atoms with Crippen LogP contribution in [0.5, 0.6) is 0 Å². The van der Waals surface area contributed by atoms with Crippen molar-refractivity contribution in [3.63, 3.8) is 0 Å². The van der Waals surface area contributed by atoms with Crippen LogP contribution < -0.4 is 11.2 Å². The largest absolute Gasteiger partial charge is 0.393 e. The topological polar surface area (TPSA) is 72.7 Å². The smallest absolute Gasteiger partial charge is 0.339 e. The lowest BCUT2D eigenvalue weighted by Gasteiger charge is -2.12. The van der Waals surface area contributed by atoms with E-state index in [0.29, 0.717) is 11.3 Å². The molecule has 0 atom stereocenters. The molecule has 0 fully saturated rings. The van der Waals surface area contributed by atoms with Gasteiger partial charge in [0.05, 0.1) is 25.0 Å². The Morgan fingerprint density at radius 1 is 0.966 bits per heavy atom. The van der Waals surface area contributed by atoms with Crippen LogP contribution in [0.25, 0.3) is 16.9 Å². The summed E-state index contributed by atoms with van der Waals surface area (Å²) in [6, 6.07) is 14.5. The maximum absolute atomic E-state index is 13.1. The average Bonchev–Trinajstić information content (AvgIpc) is 3.15. The Balaban J connectivity index is 1.85. The summed E-state index contributed by atoms with van der Waals surface area (Å²) in [6.07, 6.45) is -4.10. The summed E-state index contributed by atoms with van der Waals surface area (Å²) in [4.78, 5) is 32.8. The number of fused-ring (bicyclic) bond motifs is 1. The van der Waals surface area contributed by atoms with Gasteiger partial charge in [-0.2, -0.15) is 13.2 Å². The van der Waals surface area contributed by atoms with Crippen molar-refractivity contribution in [3.8, 4) is 5.69 Å². The molecule has 0 unspecified atom stereocenters. The third kappa shape index (κ3) is 3.71. The van der Waals surface area contributed by atoms with Crippen molar-refractivity contribution in [1.29, 1.82) is 0 Å². The number of H-pyrrole nitrogens is 1. The lowest BCUT2D eigenvalue weighted by Crippen LogP contribution is -2.39. The second kappa shape index (κ2) is 7.08. The summed E-state index contributed by atoms with van der Waals surface area (Å²) in [6.45, 7) is -0.162. The number of alkyl halides is 3. The van der Waals surface area contributed by atoms with Gasteiger partial charge in [0.15, 0.2) is 5.65 Å². The van der Waals surface area contributed by atoms with E-state index >= 15 is 0 Å². The first-order valence-corrected chi connectivity index (χ1v) is 8.72. The lowest BCUT2D eigenvalue weighted by atomic mass is 10.1. The molecule has 0 bridgehead atoms. The molecular formula is C20H15F3N4O2. The summed E-state index contributed by atoms with van der Waals surface area (Å²) >= 11 is 0. The van der Waals surface area contributed by atoms with Crippen LogP contribution in [0.15, 0.2) is 70.5 Å². The molecule has 2 aromatic carbocycles. The van der Waals surface area contributed by atoms with E-state index in [2.05, 4.69) is 9.97 Å². The van der Waals surface area contributed by atoms with Gasteiger partial charge in [0.1, 0.15) is 5.52 Å². The molecular weight excluding hydrogens is 385 g/mol. The van der Waals surface area contributed by atoms with E-state index in [0.717, 1.165) is 4.57 Å². The highest BCUT2D eigenvalue weighted by molar-refractivity contribution is 5.71. The first kappa shape index (κ1) is 18.7. The summed E-state index contributed by atoms with van der Waals surface area (Å²) in [5.74, 6) is 0. The second-order valence-electron chi connectivity index (χ2n) is 6.56. The van der Waals surface area contributed by atoms with Crippen LogP contribution in [0.4, 0.5) is 13.2 Å². The molecule has 0 aliphatic heterocycles. The standard InChI is InChI=1S/C20H15F3N4O2/c21-20(22,23)10-13-5-4-6-14(9-13)11-26-18(28)16-17(25-12-24-16)27(19(26)29)15-7-2-1-3-8-15/h1-9,12H,10-11H2,(H,24,25). The molecule has 9 heteroatoms. The van der Waals surface area contributed by atoms with E-state index in [1.54, 1.807) is 36.4 Å². The van der Waals surface area contributed by atoms with Crippen LogP contribution in [0, 0.1) is 0 Å². The molecule has 29 heavy (non-hydrogen) atoms. The van der Waals surface area contributed by atoms with Crippen molar-refractivity contribution in [2.24, 2.45) is 0 Å². The fourth-order valence-electron chi connectivity index (χ4n) is 3.25. The number of halogens is 3. The molecule has 4 aromatic rings. The molecule has 148 valence electrons. The van der Waals surface area contributed by atoms with Crippen molar-refractivity contribution in [3.05, 3.63) is 92.9 Å². The molecule has 0 radical (unpaired) electrons. The Morgan fingerprint density at radius 3 is 2.41 bits per heavy atom. The number of benzene rings is 2. The van der Waals surface area contributed by atoms with E-state index in [4.69, 9.17) is 0 Å². The highest BCUT2D eigenvalue weighted by Crippen LogP contribution is 2.22. The fraction of sp³-hybridized carbons (Fsp3) is 0.150. The Kier molecular flexibility index (Phi) is 4.57. The monoisotopic (exact) mass is 400 g/mol. The number of imidazole rings is 1. The molecule has 0 saturated carbocycles. The number of nitrogens with one attached hydrogen (secondary N) is 1. The van der Waals surface area contributed by atoms with Gasteiger partial charge >= 0.3 is 11.9 Å². The summed E-state index contributed by atoms with van der Waals surface area (Å²) in [5.41, 5.74) is 0.124. The predicted molar refractivity (Wildman–Crippen MR) is 101 cm³/mol. The van der Waals surface area contributed by atoms with Gasteiger partial charge < -0.3 is 4.98 Å². The number of nitrogens with zero attached hydrogens (tertiary/aromatic N) is 3. The molecule has 4 rings (SSSR count). The highest BCUT2D eigenvalue weighted by Gasteiger charge is 2.27. The van der Waals surface area contributed by atoms with Crippen LogP contribution in [0.3, 0.4) is 0 Å². The molecule has 1 N–H and O–H groups in total. The van der Waals surface area contributed by atoms with E-state index in [9.17, 15) is 22.8 Å². The molecule has 0 aliphatic carbocycles. The van der Waals surface area contributed by atoms with Crippen LogP contribution in [-0.4, -0.2) is 25.3 Å². The van der Waals surface area contributed by atoms with Gasteiger partial charge in [0, 0.05) is 0 Å². The number of hydrogen-bond acceptors (Lipinski definition) is 3. The second-order valence-corrected chi connectivity index (χ2v) is 6.56. The molecule has 0 saturated heterocycles. The van der Waals surface area contributed by atoms with Gasteiger partial charge in [0.2, 0.25) is 0 Å². The van der Waals surface area contributed by atoms with Gasteiger partial charge in [-0.05, 0) is 23.3 Å². The highest BCUT2D eigenvalue weighted by atomic mass is 19.4. The molecule has 0 amide bonds. The SMILES string of the molecule is O=c1c2[nH]cnc2n(-c2ccccc2)c(=O)n1Cc1cccc(CC(F)(F)F)c1. The van der Waals surface area contributed by atoms with E-state index < -0.39 is 23.8 Å². The Hall–Kier alpha value is -3.62. The summed E-state index contributed by atoms with van der Waals surface area (Å²) in [7, 11) is 0. The summed E-state index contributed by atoms with van der Waals surface area (Å²) < 4.78 is 40.3. The fourth-order valence-corrected chi connectivity index (χ4v) is 3.25. The minimum atomic E-state index is -4.34. The minimum Gasteiger partial charge on any atom is -0.339 e. The van der Waals surface area contributed by atoms with E-state index in [1.165, 1.54) is 29.1 Å².